The molecule has 2 aromatic carbocycles. The summed E-state index contributed by atoms with van der Waals surface area (Å²) in [5, 5.41) is 3.02. The number of carbonyl (C=O) groups excluding carboxylic acids is 1. The van der Waals surface area contributed by atoms with Crippen LogP contribution in [0.5, 0.6) is 23.0 Å². The number of nitrogens with one attached hydrogen (secondary N) is 1. The van der Waals surface area contributed by atoms with Crippen LogP contribution < -0.4 is 24.3 Å². The lowest BCUT2D eigenvalue weighted by atomic mass is 9.87. The van der Waals surface area contributed by atoms with Crippen LogP contribution in [0.15, 0.2) is 30.3 Å². The Morgan fingerprint density at radius 1 is 0.933 bits per heavy atom. The van der Waals surface area contributed by atoms with Gasteiger partial charge in [0.2, 0.25) is 0 Å². The third-order valence-electron chi connectivity index (χ3n) is 5.27. The van der Waals surface area contributed by atoms with Crippen LogP contribution in [-0.2, 0) is 6.42 Å². The molecule has 0 spiro atoms. The highest BCUT2D eigenvalue weighted by molar-refractivity contribution is 5.76. The van der Waals surface area contributed by atoms with E-state index in [1.807, 2.05) is 49.1 Å². The summed E-state index contributed by atoms with van der Waals surface area (Å²) in [6.07, 6.45) is 0.727. The molecule has 7 heteroatoms. The van der Waals surface area contributed by atoms with E-state index in [-0.39, 0.29) is 18.1 Å². The minimum atomic E-state index is -0.299. The van der Waals surface area contributed by atoms with E-state index in [0.717, 1.165) is 23.1 Å². The molecule has 162 valence electrons. The van der Waals surface area contributed by atoms with Crippen molar-refractivity contribution in [3.05, 3.63) is 47.0 Å². The fraction of sp³-hybridized carbons (Fsp3) is 0.435. The first-order chi connectivity index (χ1) is 14.4. The second kappa shape index (κ2) is 9.15. The fourth-order valence-electron chi connectivity index (χ4n) is 3.88. The number of benzene rings is 2. The van der Waals surface area contributed by atoms with Gasteiger partial charge >= 0.3 is 6.03 Å². The number of carbonyl (C=O) groups is 1. The van der Waals surface area contributed by atoms with Crippen molar-refractivity contribution in [2.24, 2.45) is 0 Å². The number of ether oxygens (including phenoxy) is 4. The van der Waals surface area contributed by atoms with Gasteiger partial charge in [-0.2, -0.15) is 0 Å². The lowest BCUT2D eigenvalue weighted by molar-refractivity contribution is 0.177. The molecule has 0 fully saturated rings. The number of hydrogen-bond acceptors (Lipinski definition) is 5. The van der Waals surface area contributed by atoms with Gasteiger partial charge in [0.15, 0.2) is 23.0 Å². The molecule has 7 nitrogen and oxygen atoms in total. The Morgan fingerprint density at radius 2 is 1.53 bits per heavy atom. The van der Waals surface area contributed by atoms with Gasteiger partial charge in [0.1, 0.15) is 0 Å². The predicted octanol–water partition coefficient (Wildman–Crippen LogP) is 3.79. The Hall–Kier alpha value is -3.09. The van der Waals surface area contributed by atoms with Crippen molar-refractivity contribution < 1.29 is 23.7 Å². The maximum atomic E-state index is 13.1. The molecule has 0 aliphatic carbocycles. The van der Waals surface area contributed by atoms with Crippen LogP contribution in [-0.4, -0.2) is 52.0 Å². The first-order valence-corrected chi connectivity index (χ1v) is 9.97. The Bertz CT molecular complexity index is 913. The largest absolute Gasteiger partial charge is 0.493 e. The predicted molar refractivity (Wildman–Crippen MR) is 115 cm³/mol. The van der Waals surface area contributed by atoms with E-state index < -0.39 is 0 Å². The van der Waals surface area contributed by atoms with E-state index in [1.54, 1.807) is 28.4 Å². The van der Waals surface area contributed by atoms with Crippen LogP contribution in [0.2, 0.25) is 0 Å². The molecule has 1 aliphatic heterocycles. The van der Waals surface area contributed by atoms with Gasteiger partial charge in [-0.1, -0.05) is 6.07 Å². The average Bonchev–Trinajstić information content (AvgIpc) is 2.76. The van der Waals surface area contributed by atoms with Gasteiger partial charge in [-0.25, -0.2) is 4.79 Å². The zero-order valence-electron chi connectivity index (χ0n) is 18.4. The van der Waals surface area contributed by atoms with Gasteiger partial charge in [-0.05, 0) is 61.2 Å². The number of rotatable bonds is 6. The van der Waals surface area contributed by atoms with E-state index in [1.165, 1.54) is 0 Å². The van der Waals surface area contributed by atoms with Crippen molar-refractivity contribution in [1.82, 2.24) is 10.2 Å². The minimum absolute atomic E-state index is 0.0374. The molecule has 3 rings (SSSR count). The summed E-state index contributed by atoms with van der Waals surface area (Å²) in [5.41, 5.74) is 3.06. The zero-order valence-corrected chi connectivity index (χ0v) is 18.4. The Labute approximate surface area is 177 Å². The number of methoxy groups -OCH3 is 4. The number of hydrogen-bond donors (Lipinski definition) is 1. The van der Waals surface area contributed by atoms with Gasteiger partial charge in [0.25, 0.3) is 0 Å². The molecule has 0 saturated carbocycles. The second-order valence-corrected chi connectivity index (χ2v) is 7.47. The Balaban J connectivity index is 2.16. The van der Waals surface area contributed by atoms with Gasteiger partial charge in [0, 0.05) is 12.6 Å². The summed E-state index contributed by atoms with van der Waals surface area (Å²) >= 11 is 0. The lowest BCUT2D eigenvalue weighted by Gasteiger charge is -2.38. The summed E-state index contributed by atoms with van der Waals surface area (Å²) in [5.74, 6) is 2.57. The quantitative estimate of drug-likeness (QED) is 0.779. The highest BCUT2D eigenvalue weighted by Crippen LogP contribution is 2.42. The molecule has 0 radical (unpaired) electrons. The first-order valence-electron chi connectivity index (χ1n) is 9.97. The standard InChI is InChI=1S/C23H30N2O5/c1-14(2)24-23(26)25-10-9-15-11-20(29-5)21(30-6)13-17(15)22(25)16-7-8-18(27-3)19(12-16)28-4/h7-8,11-14,22H,9-10H2,1-6H3,(H,24,26)/t22-/m1/s1. The molecular formula is C23H30N2O5. The van der Waals surface area contributed by atoms with Crippen LogP contribution in [0.25, 0.3) is 0 Å². The van der Waals surface area contributed by atoms with E-state index in [2.05, 4.69) is 5.32 Å². The van der Waals surface area contributed by atoms with Crippen molar-refractivity contribution in [3.63, 3.8) is 0 Å². The highest BCUT2D eigenvalue weighted by Gasteiger charge is 2.34. The topological polar surface area (TPSA) is 69.3 Å². The van der Waals surface area contributed by atoms with Gasteiger partial charge in [0.05, 0.1) is 34.5 Å². The molecule has 0 saturated heterocycles. The summed E-state index contributed by atoms with van der Waals surface area (Å²) < 4.78 is 21.9. The van der Waals surface area contributed by atoms with Gasteiger partial charge in [-0.3, -0.25) is 0 Å². The summed E-state index contributed by atoms with van der Waals surface area (Å²) in [6, 6.07) is 9.34. The van der Waals surface area contributed by atoms with Crippen molar-refractivity contribution in [2.75, 3.05) is 35.0 Å². The number of fused-ring (bicyclic) bond motifs is 1. The third-order valence-corrected chi connectivity index (χ3v) is 5.27. The number of nitrogens with zero attached hydrogens (tertiary/aromatic N) is 1. The molecule has 30 heavy (non-hydrogen) atoms. The smallest absolute Gasteiger partial charge is 0.318 e. The SMILES string of the molecule is COc1ccc([C@@H]2c3cc(OC)c(OC)cc3CCN2C(=O)NC(C)C)cc1OC. The van der Waals surface area contributed by atoms with Crippen LogP contribution in [0.3, 0.4) is 0 Å². The van der Waals surface area contributed by atoms with Crippen LogP contribution in [0, 0.1) is 0 Å². The summed E-state index contributed by atoms with van der Waals surface area (Å²) in [4.78, 5) is 14.9. The Morgan fingerprint density at radius 3 is 2.13 bits per heavy atom. The molecule has 0 aromatic heterocycles. The van der Waals surface area contributed by atoms with Crippen LogP contribution >= 0.6 is 0 Å². The molecule has 1 aliphatic rings. The fourth-order valence-corrected chi connectivity index (χ4v) is 3.88. The highest BCUT2D eigenvalue weighted by atomic mass is 16.5. The van der Waals surface area contributed by atoms with E-state index >= 15 is 0 Å². The number of urea groups is 1. The minimum Gasteiger partial charge on any atom is -0.493 e. The molecule has 0 bridgehead atoms. The summed E-state index contributed by atoms with van der Waals surface area (Å²) in [6.45, 7) is 4.49. The molecule has 2 amide bonds. The zero-order chi connectivity index (χ0) is 21.8. The lowest BCUT2D eigenvalue weighted by Crippen LogP contribution is -2.47. The molecule has 1 N–H and O–H groups in total. The van der Waals surface area contributed by atoms with Gasteiger partial charge < -0.3 is 29.2 Å². The summed E-state index contributed by atoms with van der Waals surface area (Å²) in [7, 11) is 6.45. The van der Waals surface area contributed by atoms with Crippen molar-refractivity contribution >= 4 is 6.03 Å². The van der Waals surface area contributed by atoms with E-state index in [9.17, 15) is 4.79 Å². The maximum absolute atomic E-state index is 13.1. The van der Waals surface area contributed by atoms with E-state index in [4.69, 9.17) is 18.9 Å². The first kappa shape index (κ1) is 21.6. The Kier molecular flexibility index (Phi) is 6.59. The van der Waals surface area contributed by atoms with Gasteiger partial charge in [-0.15, -0.1) is 0 Å². The number of amides is 2. The normalized spacial score (nSPS) is 15.4. The maximum Gasteiger partial charge on any atom is 0.318 e. The van der Waals surface area contributed by atoms with E-state index in [0.29, 0.717) is 29.5 Å². The molecule has 1 atom stereocenters. The third kappa shape index (κ3) is 4.10. The molecule has 2 aromatic rings. The van der Waals surface area contributed by atoms with Crippen LogP contribution in [0.4, 0.5) is 4.79 Å². The van der Waals surface area contributed by atoms with Crippen LogP contribution in [0.1, 0.15) is 36.6 Å². The van der Waals surface area contributed by atoms with Crippen molar-refractivity contribution in [2.45, 2.75) is 32.4 Å². The van der Waals surface area contributed by atoms with Crippen molar-refractivity contribution in [1.29, 1.82) is 0 Å². The average molecular weight is 415 g/mol. The molecular weight excluding hydrogens is 384 g/mol. The van der Waals surface area contributed by atoms with Crippen molar-refractivity contribution in [3.8, 4) is 23.0 Å². The molecule has 0 unspecified atom stereocenters. The second-order valence-electron chi connectivity index (χ2n) is 7.47. The monoisotopic (exact) mass is 414 g/mol. The molecule has 1 heterocycles.